The smallest absolute Gasteiger partial charge is 0.327 e. The lowest BCUT2D eigenvalue weighted by atomic mass is 9.96. The van der Waals surface area contributed by atoms with Gasteiger partial charge in [-0.05, 0) is 36.0 Å². The van der Waals surface area contributed by atoms with Crippen molar-refractivity contribution in [1.29, 1.82) is 0 Å². The summed E-state index contributed by atoms with van der Waals surface area (Å²) in [5.74, 6) is -1.46. The van der Waals surface area contributed by atoms with E-state index in [2.05, 4.69) is 0 Å². The molecule has 1 aliphatic heterocycles. The van der Waals surface area contributed by atoms with E-state index in [1.807, 2.05) is 19.9 Å². The Morgan fingerprint density at radius 2 is 2.05 bits per heavy atom. The predicted octanol–water partition coefficient (Wildman–Crippen LogP) is 2.66. The summed E-state index contributed by atoms with van der Waals surface area (Å²) in [6.45, 7) is 4.14. The molecule has 0 radical (unpaired) electrons. The first-order valence-corrected chi connectivity index (χ1v) is 6.96. The highest BCUT2D eigenvalue weighted by Gasteiger charge is 2.44. The monoisotopic (exact) mass is 300 g/mol. The Morgan fingerprint density at radius 3 is 2.62 bits per heavy atom. The number of fused-ring (bicyclic) bond motifs is 1. The van der Waals surface area contributed by atoms with Gasteiger partial charge in [0.05, 0.1) is 0 Å². The third kappa shape index (κ3) is 3.37. The van der Waals surface area contributed by atoms with Crippen molar-refractivity contribution in [3.8, 4) is 0 Å². The summed E-state index contributed by atoms with van der Waals surface area (Å²) in [4.78, 5) is 12.2. The minimum Gasteiger partial charge on any atom is -0.327 e. The molecule has 1 atom stereocenters. The molecule has 21 heavy (non-hydrogen) atoms. The van der Waals surface area contributed by atoms with Crippen molar-refractivity contribution in [3.05, 3.63) is 29.3 Å². The number of benzene rings is 1. The summed E-state index contributed by atoms with van der Waals surface area (Å²) < 4.78 is 37.6. The second-order valence-electron chi connectivity index (χ2n) is 5.78. The maximum absolute atomic E-state index is 12.5. The second kappa shape index (κ2) is 5.67. The fraction of sp³-hybridized carbons (Fsp3) is 0.533. The van der Waals surface area contributed by atoms with E-state index in [9.17, 15) is 18.0 Å². The number of hydrogen-bond donors (Lipinski definition) is 1. The Balaban J connectivity index is 2.19. The van der Waals surface area contributed by atoms with Crippen LogP contribution in [0, 0.1) is 5.92 Å². The number of nitrogens with two attached hydrogens (primary N) is 1. The van der Waals surface area contributed by atoms with Gasteiger partial charge in [-0.15, -0.1) is 0 Å². The van der Waals surface area contributed by atoms with Crippen LogP contribution in [0.1, 0.15) is 25.0 Å². The molecule has 2 N–H and O–H groups in total. The fourth-order valence-corrected chi connectivity index (χ4v) is 2.45. The molecule has 0 saturated heterocycles. The van der Waals surface area contributed by atoms with Gasteiger partial charge in [0.25, 0.3) is 0 Å². The molecule has 1 unspecified atom stereocenters. The van der Waals surface area contributed by atoms with Crippen LogP contribution < -0.4 is 10.6 Å². The van der Waals surface area contributed by atoms with Gasteiger partial charge in [0.1, 0.15) is 0 Å². The zero-order valence-corrected chi connectivity index (χ0v) is 12.1. The number of halogens is 3. The van der Waals surface area contributed by atoms with Gasteiger partial charge in [0, 0.05) is 18.3 Å². The molecule has 0 aliphatic carbocycles. The lowest BCUT2D eigenvalue weighted by Crippen LogP contribution is -2.40. The third-order valence-corrected chi connectivity index (χ3v) is 3.85. The molecule has 1 aromatic rings. The lowest BCUT2D eigenvalue weighted by Gasteiger charge is -2.19. The number of amides is 1. The summed E-state index contributed by atoms with van der Waals surface area (Å²) in [6, 6.07) is 5.22. The van der Waals surface area contributed by atoms with E-state index in [-0.39, 0.29) is 12.6 Å². The molecule has 6 heteroatoms. The number of rotatable bonds is 3. The van der Waals surface area contributed by atoms with E-state index >= 15 is 0 Å². The Hall–Kier alpha value is -1.56. The van der Waals surface area contributed by atoms with Crippen LogP contribution in [0.5, 0.6) is 0 Å². The van der Waals surface area contributed by atoms with Crippen LogP contribution >= 0.6 is 0 Å². The molecule has 1 heterocycles. The van der Waals surface area contributed by atoms with Crippen LogP contribution in [0.15, 0.2) is 18.2 Å². The standard InChI is InChI=1S/C15H19F3N2O/c1-9(2)12(19)8-10-3-4-13-11(7-10)5-6-20(13)14(21)15(16,17)18/h3-4,7,9,12H,5-6,8,19H2,1-2H3. The fourth-order valence-electron chi connectivity index (χ4n) is 2.45. The van der Waals surface area contributed by atoms with Crippen molar-refractivity contribution in [1.82, 2.24) is 0 Å². The molecule has 0 aromatic heterocycles. The highest BCUT2D eigenvalue weighted by Crippen LogP contribution is 2.32. The van der Waals surface area contributed by atoms with Gasteiger partial charge in [0.2, 0.25) is 0 Å². The zero-order chi connectivity index (χ0) is 15.8. The van der Waals surface area contributed by atoms with Gasteiger partial charge in [-0.3, -0.25) is 4.79 Å². The molecule has 3 nitrogen and oxygen atoms in total. The summed E-state index contributed by atoms with van der Waals surface area (Å²) in [5.41, 5.74) is 8.15. The van der Waals surface area contributed by atoms with Gasteiger partial charge in [-0.25, -0.2) is 0 Å². The molecule has 0 spiro atoms. The van der Waals surface area contributed by atoms with Gasteiger partial charge in [-0.2, -0.15) is 13.2 Å². The first-order valence-electron chi connectivity index (χ1n) is 6.96. The minimum absolute atomic E-state index is 0.0114. The topological polar surface area (TPSA) is 46.3 Å². The van der Waals surface area contributed by atoms with Crippen LogP contribution in [-0.2, 0) is 17.6 Å². The summed E-state index contributed by atoms with van der Waals surface area (Å²) in [7, 11) is 0. The van der Waals surface area contributed by atoms with Crippen molar-refractivity contribution < 1.29 is 18.0 Å². The van der Waals surface area contributed by atoms with Crippen LogP contribution in [0.25, 0.3) is 0 Å². The molecule has 0 bridgehead atoms. The first kappa shape index (κ1) is 15.8. The summed E-state index contributed by atoms with van der Waals surface area (Å²) >= 11 is 0. The van der Waals surface area contributed by atoms with Crippen molar-refractivity contribution >= 4 is 11.6 Å². The number of nitrogens with zero attached hydrogens (tertiary/aromatic N) is 1. The molecule has 0 saturated carbocycles. The third-order valence-electron chi connectivity index (χ3n) is 3.85. The number of anilines is 1. The molecular formula is C15H19F3N2O. The Bertz CT molecular complexity index is 540. The summed E-state index contributed by atoms with van der Waals surface area (Å²) in [6.07, 6.45) is -3.71. The highest BCUT2D eigenvalue weighted by molar-refractivity contribution is 5.99. The molecule has 116 valence electrons. The van der Waals surface area contributed by atoms with Crippen LogP contribution in [0.3, 0.4) is 0 Å². The molecule has 1 aliphatic rings. The largest absolute Gasteiger partial charge is 0.471 e. The van der Waals surface area contributed by atoms with Crippen molar-refractivity contribution in [3.63, 3.8) is 0 Å². The SMILES string of the molecule is CC(C)C(N)Cc1ccc2c(c1)CCN2C(=O)C(F)(F)F. The highest BCUT2D eigenvalue weighted by atomic mass is 19.4. The maximum atomic E-state index is 12.5. The average molecular weight is 300 g/mol. The van der Waals surface area contributed by atoms with Gasteiger partial charge < -0.3 is 10.6 Å². The number of hydrogen-bond acceptors (Lipinski definition) is 2. The van der Waals surface area contributed by atoms with E-state index in [0.29, 0.717) is 24.4 Å². The van der Waals surface area contributed by atoms with E-state index in [1.165, 1.54) is 0 Å². The minimum atomic E-state index is -4.83. The van der Waals surface area contributed by atoms with Crippen LogP contribution in [0.2, 0.25) is 0 Å². The zero-order valence-electron chi connectivity index (χ0n) is 12.1. The van der Waals surface area contributed by atoms with Gasteiger partial charge in [0.15, 0.2) is 0 Å². The quantitative estimate of drug-likeness (QED) is 0.933. The van der Waals surface area contributed by atoms with E-state index in [4.69, 9.17) is 5.73 Å². The average Bonchev–Trinajstić information content (AvgIpc) is 2.79. The number of alkyl halides is 3. The molecule has 0 fully saturated rings. The Kier molecular flexibility index (Phi) is 4.27. The Morgan fingerprint density at radius 1 is 1.38 bits per heavy atom. The van der Waals surface area contributed by atoms with E-state index < -0.39 is 12.1 Å². The second-order valence-corrected chi connectivity index (χ2v) is 5.78. The molecule has 1 amide bonds. The lowest BCUT2D eigenvalue weighted by molar-refractivity contribution is -0.170. The van der Waals surface area contributed by atoms with Gasteiger partial charge >= 0.3 is 12.1 Å². The van der Waals surface area contributed by atoms with Gasteiger partial charge in [-0.1, -0.05) is 26.0 Å². The Labute approximate surface area is 121 Å². The maximum Gasteiger partial charge on any atom is 0.471 e. The molecule has 2 rings (SSSR count). The number of carbonyl (C=O) groups is 1. The molecule has 1 aromatic carbocycles. The molecular weight excluding hydrogens is 281 g/mol. The van der Waals surface area contributed by atoms with Crippen LogP contribution in [-0.4, -0.2) is 24.7 Å². The first-order chi connectivity index (χ1) is 9.70. The normalized spacial score (nSPS) is 16.2. The summed E-state index contributed by atoms with van der Waals surface area (Å²) in [5, 5.41) is 0. The van der Waals surface area contributed by atoms with Crippen molar-refractivity contribution in [2.75, 3.05) is 11.4 Å². The van der Waals surface area contributed by atoms with E-state index in [1.54, 1.807) is 12.1 Å². The van der Waals surface area contributed by atoms with Crippen LogP contribution in [0.4, 0.5) is 18.9 Å². The van der Waals surface area contributed by atoms with E-state index in [0.717, 1.165) is 16.0 Å². The number of carbonyl (C=O) groups excluding carboxylic acids is 1. The predicted molar refractivity (Wildman–Crippen MR) is 75.1 cm³/mol. The van der Waals surface area contributed by atoms with Crippen molar-refractivity contribution in [2.45, 2.75) is 38.9 Å². The van der Waals surface area contributed by atoms with Crippen molar-refractivity contribution in [2.24, 2.45) is 11.7 Å².